The summed E-state index contributed by atoms with van der Waals surface area (Å²) in [5.74, 6) is 1.17. The normalized spacial score (nSPS) is 22.4. The minimum absolute atomic E-state index is 0.0904. The zero-order valence-electron chi connectivity index (χ0n) is 31.6. The first-order chi connectivity index (χ1) is 23.2. The Balaban J connectivity index is 2.10. The van der Waals surface area contributed by atoms with Crippen LogP contribution in [0.25, 0.3) is 0 Å². The molecule has 0 saturated heterocycles. The highest BCUT2D eigenvalue weighted by Gasteiger charge is 2.52. The molecule has 7 atom stereocenters. The molecule has 0 aromatic carbocycles. The van der Waals surface area contributed by atoms with Gasteiger partial charge in [-0.05, 0) is 24.7 Å². The van der Waals surface area contributed by atoms with Crippen molar-refractivity contribution in [2.24, 2.45) is 11.8 Å². The molecular formula is C40H78O8. The minimum Gasteiger partial charge on any atom is -0.457 e. The Morgan fingerprint density at radius 2 is 1.06 bits per heavy atom. The molecule has 0 heterocycles. The quantitative estimate of drug-likeness (QED) is 0.0401. The predicted molar refractivity (Wildman–Crippen MR) is 195 cm³/mol. The van der Waals surface area contributed by atoms with E-state index in [0.717, 1.165) is 37.5 Å². The van der Waals surface area contributed by atoms with Crippen LogP contribution in [0, 0.1) is 11.8 Å². The van der Waals surface area contributed by atoms with E-state index in [1.807, 2.05) is 0 Å². The van der Waals surface area contributed by atoms with Gasteiger partial charge in [0.15, 0.2) is 6.10 Å². The van der Waals surface area contributed by atoms with Gasteiger partial charge in [-0.2, -0.15) is 0 Å². The molecule has 0 radical (unpaired) electrons. The molecule has 0 amide bonds. The molecule has 48 heavy (non-hydrogen) atoms. The minimum atomic E-state index is -1.49. The standard InChI is InChI=1S/C40H78O8/c1-5-6-7-21-26-33(4)27-22-17-13-11-15-19-24-29-46-30-34(41)31-47-39-37(44)36(43)38(45)40(39)48-35(42)28-23-18-14-10-8-9-12-16-20-25-32(2)3/h32-34,36-41,43-45H,5-31H2,1-4H3/t33?,34-,36?,37-,38+,39?,40?/m0/s1. The van der Waals surface area contributed by atoms with Crippen LogP contribution in [-0.4, -0.2) is 82.8 Å². The van der Waals surface area contributed by atoms with Crippen molar-refractivity contribution in [3.8, 4) is 0 Å². The summed E-state index contributed by atoms with van der Waals surface area (Å²) in [7, 11) is 0. The number of ether oxygens (including phenoxy) is 3. The van der Waals surface area contributed by atoms with Gasteiger partial charge in [0.05, 0.1) is 13.2 Å². The maximum absolute atomic E-state index is 12.5. The highest BCUT2D eigenvalue weighted by molar-refractivity contribution is 5.69. The largest absolute Gasteiger partial charge is 0.457 e. The summed E-state index contributed by atoms with van der Waals surface area (Å²) in [6.07, 6.45) is 20.9. The van der Waals surface area contributed by atoms with Crippen LogP contribution in [0.15, 0.2) is 0 Å². The van der Waals surface area contributed by atoms with Crippen molar-refractivity contribution in [2.75, 3.05) is 19.8 Å². The smallest absolute Gasteiger partial charge is 0.306 e. The first-order valence-electron chi connectivity index (χ1n) is 20.3. The third-order valence-electron chi connectivity index (χ3n) is 9.95. The second-order valence-electron chi connectivity index (χ2n) is 15.3. The average Bonchev–Trinajstić information content (AvgIpc) is 3.25. The number of hydrogen-bond donors (Lipinski definition) is 4. The Hall–Kier alpha value is -0.770. The molecule has 1 saturated carbocycles. The van der Waals surface area contributed by atoms with Gasteiger partial charge in [0, 0.05) is 13.0 Å². The molecule has 0 aromatic heterocycles. The number of carbonyl (C=O) groups is 1. The van der Waals surface area contributed by atoms with Crippen LogP contribution in [0.5, 0.6) is 0 Å². The highest BCUT2D eigenvalue weighted by atomic mass is 16.6. The summed E-state index contributed by atoms with van der Waals surface area (Å²) in [4.78, 5) is 12.5. The lowest BCUT2D eigenvalue weighted by Crippen LogP contribution is -2.41. The SMILES string of the molecule is CCCCCCC(C)CCCCCCCCCOC[C@H](O)COC1C(OC(=O)CCCCCCCCCCCC(C)C)[C@H](O)C(O)[C@@H]1O. The van der Waals surface area contributed by atoms with Crippen molar-refractivity contribution in [2.45, 2.75) is 218 Å². The van der Waals surface area contributed by atoms with Gasteiger partial charge in [-0.25, -0.2) is 0 Å². The fraction of sp³-hybridized carbons (Fsp3) is 0.975. The lowest BCUT2D eigenvalue weighted by molar-refractivity contribution is -0.168. The fourth-order valence-corrected chi connectivity index (χ4v) is 6.71. The number of aliphatic hydroxyl groups is 4. The van der Waals surface area contributed by atoms with E-state index >= 15 is 0 Å². The zero-order chi connectivity index (χ0) is 35.4. The van der Waals surface area contributed by atoms with Crippen LogP contribution >= 0.6 is 0 Å². The Morgan fingerprint density at radius 1 is 0.583 bits per heavy atom. The summed E-state index contributed by atoms with van der Waals surface area (Å²) in [6, 6.07) is 0. The van der Waals surface area contributed by atoms with Gasteiger partial charge < -0.3 is 34.6 Å². The summed E-state index contributed by atoms with van der Waals surface area (Å²) >= 11 is 0. The summed E-state index contributed by atoms with van der Waals surface area (Å²) in [6.45, 7) is 9.70. The van der Waals surface area contributed by atoms with E-state index in [4.69, 9.17) is 14.2 Å². The molecule has 0 bridgehead atoms. The topological polar surface area (TPSA) is 126 Å². The highest BCUT2D eigenvalue weighted by Crippen LogP contribution is 2.28. The third-order valence-corrected chi connectivity index (χ3v) is 9.95. The van der Waals surface area contributed by atoms with Crippen molar-refractivity contribution < 1.29 is 39.4 Å². The van der Waals surface area contributed by atoms with E-state index in [-0.39, 0.29) is 19.6 Å². The Bertz CT molecular complexity index is 734. The number of hydrogen-bond acceptors (Lipinski definition) is 8. The van der Waals surface area contributed by atoms with Crippen LogP contribution in [0.3, 0.4) is 0 Å². The number of esters is 1. The maximum Gasteiger partial charge on any atom is 0.306 e. The lowest BCUT2D eigenvalue weighted by Gasteiger charge is -2.24. The van der Waals surface area contributed by atoms with Gasteiger partial charge in [0.2, 0.25) is 0 Å². The van der Waals surface area contributed by atoms with Crippen molar-refractivity contribution in [3.63, 3.8) is 0 Å². The van der Waals surface area contributed by atoms with Crippen LogP contribution in [0.1, 0.15) is 182 Å². The van der Waals surface area contributed by atoms with Gasteiger partial charge in [-0.15, -0.1) is 0 Å². The molecule has 1 aliphatic carbocycles. The molecule has 1 aliphatic rings. The number of unbranched alkanes of at least 4 members (excludes halogenated alkanes) is 17. The average molecular weight is 687 g/mol. The number of carbonyl (C=O) groups excluding carboxylic acids is 1. The first-order valence-corrected chi connectivity index (χ1v) is 20.3. The maximum atomic E-state index is 12.5. The molecule has 0 spiro atoms. The molecule has 0 aliphatic heterocycles. The van der Waals surface area contributed by atoms with Crippen molar-refractivity contribution >= 4 is 5.97 Å². The van der Waals surface area contributed by atoms with Crippen molar-refractivity contribution in [1.29, 1.82) is 0 Å². The molecule has 1 fully saturated rings. The second-order valence-corrected chi connectivity index (χ2v) is 15.3. The van der Waals surface area contributed by atoms with Gasteiger partial charge in [-0.1, -0.05) is 163 Å². The zero-order valence-corrected chi connectivity index (χ0v) is 31.6. The monoisotopic (exact) mass is 687 g/mol. The molecule has 4 unspecified atom stereocenters. The molecule has 4 N–H and O–H groups in total. The molecule has 0 aromatic rings. The lowest BCUT2D eigenvalue weighted by atomic mass is 9.96. The van der Waals surface area contributed by atoms with E-state index < -0.39 is 42.6 Å². The van der Waals surface area contributed by atoms with E-state index in [1.54, 1.807) is 0 Å². The summed E-state index contributed by atoms with van der Waals surface area (Å²) in [5, 5.41) is 41.3. The molecular weight excluding hydrogens is 608 g/mol. The van der Waals surface area contributed by atoms with E-state index in [1.165, 1.54) is 116 Å². The van der Waals surface area contributed by atoms with Gasteiger partial charge in [0.25, 0.3) is 0 Å². The Labute approximate surface area is 295 Å². The van der Waals surface area contributed by atoms with Crippen molar-refractivity contribution in [3.05, 3.63) is 0 Å². The second kappa shape index (κ2) is 29.9. The van der Waals surface area contributed by atoms with Crippen LogP contribution in [0.2, 0.25) is 0 Å². The predicted octanol–water partition coefficient (Wildman–Crippen LogP) is 8.43. The fourth-order valence-electron chi connectivity index (χ4n) is 6.71. The number of aliphatic hydroxyl groups excluding tert-OH is 4. The summed E-state index contributed by atoms with van der Waals surface area (Å²) in [5.41, 5.74) is 0. The number of rotatable bonds is 33. The van der Waals surface area contributed by atoms with Crippen molar-refractivity contribution in [1.82, 2.24) is 0 Å². The van der Waals surface area contributed by atoms with E-state index in [0.29, 0.717) is 13.0 Å². The summed E-state index contributed by atoms with van der Waals surface area (Å²) < 4.78 is 16.7. The molecule has 286 valence electrons. The van der Waals surface area contributed by atoms with Gasteiger partial charge >= 0.3 is 5.97 Å². The van der Waals surface area contributed by atoms with Crippen LogP contribution in [-0.2, 0) is 19.0 Å². The van der Waals surface area contributed by atoms with Gasteiger partial charge in [0.1, 0.15) is 30.5 Å². The molecule has 8 heteroatoms. The van der Waals surface area contributed by atoms with E-state index in [2.05, 4.69) is 27.7 Å². The van der Waals surface area contributed by atoms with Crippen LogP contribution < -0.4 is 0 Å². The third kappa shape index (κ3) is 22.8. The Morgan fingerprint density at radius 3 is 1.62 bits per heavy atom. The molecule has 8 nitrogen and oxygen atoms in total. The molecule has 1 rings (SSSR count). The first kappa shape index (κ1) is 45.3. The Kier molecular flexibility index (Phi) is 28.2. The van der Waals surface area contributed by atoms with Gasteiger partial charge in [-0.3, -0.25) is 4.79 Å². The van der Waals surface area contributed by atoms with E-state index in [9.17, 15) is 25.2 Å². The van der Waals surface area contributed by atoms with Crippen LogP contribution in [0.4, 0.5) is 0 Å².